The molecule has 2 nitrogen and oxygen atoms in total. The molecule has 96 valence electrons. The van der Waals surface area contributed by atoms with Gasteiger partial charge in [-0.1, -0.05) is 0 Å². The summed E-state index contributed by atoms with van der Waals surface area (Å²) >= 11 is 5.51. The third-order valence-corrected chi connectivity index (χ3v) is 2.83. The van der Waals surface area contributed by atoms with Crippen LogP contribution in [0.2, 0.25) is 0 Å². The Kier molecular flexibility index (Phi) is 5.86. The van der Waals surface area contributed by atoms with Crippen LogP contribution in [0.5, 0.6) is 0 Å². The van der Waals surface area contributed by atoms with Gasteiger partial charge >= 0.3 is 6.18 Å². The van der Waals surface area contributed by atoms with Gasteiger partial charge in [0.2, 0.25) is 0 Å². The van der Waals surface area contributed by atoms with Crippen LogP contribution in [0.4, 0.5) is 13.2 Å². The molecule has 0 aromatic carbocycles. The van der Waals surface area contributed by atoms with Crippen molar-refractivity contribution >= 4 is 11.6 Å². The maximum Gasteiger partial charge on any atom is 0.401 e. The van der Waals surface area contributed by atoms with Gasteiger partial charge in [0, 0.05) is 32.2 Å². The van der Waals surface area contributed by atoms with Crippen LogP contribution in [0.1, 0.15) is 12.8 Å². The molecule has 0 amide bonds. The minimum atomic E-state index is -4.14. The molecular formula is C10H17ClF3NO. The minimum Gasteiger partial charge on any atom is -0.381 e. The maximum atomic E-state index is 12.3. The quantitative estimate of drug-likeness (QED) is 0.704. The molecule has 0 N–H and O–H groups in total. The molecule has 0 aromatic heterocycles. The van der Waals surface area contributed by atoms with Gasteiger partial charge in [0.05, 0.1) is 6.54 Å². The fraction of sp³-hybridized carbons (Fsp3) is 1.00. The van der Waals surface area contributed by atoms with Gasteiger partial charge in [0.25, 0.3) is 0 Å². The molecule has 16 heavy (non-hydrogen) atoms. The van der Waals surface area contributed by atoms with Crippen LogP contribution in [-0.4, -0.2) is 49.8 Å². The summed E-state index contributed by atoms with van der Waals surface area (Å²) in [6.45, 7) is 1.21. The van der Waals surface area contributed by atoms with Crippen molar-refractivity contribution in [2.45, 2.75) is 19.0 Å². The van der Waals surface area contributed by atoms with Gasteiger partial charge in [0.1, 0.15) is 0 Å². The van der Waals surface area contributed by atoms with Crippen molar-refractivity contribution in [3.05, 3.63) is 0 Å². The predicted octanol–water partition coefficient (Wildman–Crippen LogP) is 2.52. The van der Waals surface area contributed by atoms with E-state index in [-0.39, 0.29) is 5.88 Å². The van der Waals surface area contributed by atoms with E-state index in [4.69, 9.17) is 16.3 Å². The van der Waals surface area contributed by atoms with Crippen molar-refractivity contribution in [3.8, 4) is 0 Å². The smallest absolute Gasteiger partial charge is 0.381 e. The zero-order chi connectivity index (χ0) is 12.0. The van der Waals surface area contributed by atoms with E-state index in [1.807, 2.05) is 0 Å². The average Bonchev–Trinajstić information content (AvgIpc) is 2.17. The summed E-state index contributed by atoms with van der Waals surface area (Å²) in [5.41, 5.74) is 0. The summed E-state index contributed by atoms with van der Waals surface area (Å²) in [4.78, 5) is 1.39. The molecule has 0 spiro atoms. The SMILES string of the molecule is FC(F)(F)CN(CCCl)CC1CCOCC1. The van der Waals surface area contributed by atoms with Crippen molar-refractivity contribution < 1.29 is 17.9 Å². The van der Waals surface area contributed by atoms with E-state index in [0.29, 0.717) is 32.2 Å². The molecule has 1 saturated heterocycles. The van der Waals surface area contributed by atoms with Crippen molar-refractivity contribution in [2.24, 2.45) is 5.92 Å². The Labute approximate surface area is 98.7 Å². The van der Waals surface area contributed by atoms with E-state index in [2.05, 4.69) is 0 Å². The highest BCUT2D eigenvalue weighted by atomic mass is 35.5. The Morgan fingerprint density at radius 1 is 1.25 bits per heavy atom. The normalized spacial score (nSPS) is 19.3. The van der Waals surface area contributed by atoms with Crippen LogP contribution in [0.3, 0.4) is 0 Å². The Bertz CT molecular complexity index is 195. The number of halogens is 4. The molecule has 0 aromatic rings. The average molecular weight is 260 g/mol. The van der Waals surface area contributed by atoms with Gasteiger partial charge in [-0.15, -0.1) is 11.6 Å². The molecule has 1 heterocycles. The maximum absolute atomic E-state index is 12.3. The topological polar surface area (TPSA) is 12.5 Å². The van der Waals surface area contributed by atoms with Gasteiger partial charge in [0.15, 0.2) is 0 Å². The van der Waals surface area contributed by atoms with Gasteiger partial charge in [-0.25, -0.2) is 0 Å². The third-order valence-electron chi connectivity index (χ3n) is 2.66. The molecule has 0 aliphatic carbocycles. The van der Waals surface area contributed by atoms with Crippen LogP contribution in [0.25, 0.3) is 0 Å². The summed E-state index contributed by atoms with van der Waals surface area (Å²) in [7, 11) is 0. The second-order valence-corrected chi connectivity index (χ2v) is 4.47. The first-order chi connectivity index (χ1) is 7.51. The first-order valence-corrected chi connectivity index (χ1v) is 5.97. The summed E-state index contributed by atoms with van der Waals surface area (Å²) in [5.74, 6) is 0.540. The number of hydrogen-bond acceptors (Lipinski definition) is 2. The standard InChI is InChI=1S/C10H17ClF3NO/c11-3-4-15(8-10(12,13)14)7-9-1-5-16-6-2-9/h9H,1-8H2. The molecule has 6 heteroatoms. The Morgan fingerprint density at radius 2 is 1.88 bits per heavy atom. The second kappa shape index (κ2) is 6.67. The van der Waals surface area contributed by atoms with Crippen molar-refractivity contribution in [1.82, 2.24) is 4.90 Å². The highest BCUT2D eigenvalue weighted by Gasteiger charge is 2.31. The largest absolute Gasteiger partial charge is 0.401 e. The molecule has 1 fully saturated rings. The third kappa shape index (κ3) is 5.92. The van der Waals surface area contributed by atoms with Gasteiger partial charge in [-0.3, -0.25) is 4.90 Å². The van der Waals surface area contributed by atoms with Crippen LogP contribution in [-0.2, 0) is 4.74 Å². The Hall–Kier alpha value is -0.0000000000000000208. The van der Waals surface area contributed by atoms with Crippen molar-refractivity contribution in [3.63, 3.8) is 0 Å². The molecule has 0 saturated carbocycles. The van der Waals surface area contributed by atoms with Gasteiger partial charge in [-0.2, -0.15) is 13.2 Å². The molecule has 0 bridgehead atoms. The second-order valence-electron chi connectivity index (χ2n) is 4.10. The highest BCUT2D eigenvalue weighted by Crippen LogP contribution is 2.20. The zero-order valence-electron chi connectivity index (χ0n) is 9.10. The number of alkyl halides is 4. The van der Waals surface area contributed by atoms with Crippen LogP contribution >= 0.6 is 11.6 Å². The van der Waals surface area contributed by atoms with E-state index < -0.39 is 12.7 Å². The summed E-state index contributed by atoms with van der Waals surface area (Å²) in [6.07, 6.45) is -2.45. The van der Waals surface area contributed by atoms with E-state index in [1.54, 1.807) is 0 Å². The minimum absolute atomic E-state index is 0.235. The predicted molar refractivity (Wildman–Crippen MR) is 56.8 cm³/mol. The summed E-state index contributed by atoms with van der Waals surface area (Å²) in [6, 6.07) is 0. The number of hydrogen-bond donors (Lipinski definition) is 0. The zero-order valence-corrected chi connectivity index (χ0v) is 9.86. The number of ether oxygens (including phenoxy) is 1. The first kappa shape index (κ1) is 14.1. The summed E-state index contributed by atoms with van der Waals surface area (Å²) in [5, 5.41) is 0. The van der Waals surface area contributed by atoms with Gasteiger partial charge < -0.3 is 4.74 Å². The molecule has 0 unspecified atom stereocenters. The lowest BCUT2D eigenvalue weighted by molar-refractivity contribution is -0.147. The molecule has 1 aliphatic heterocycles. The Morgan fingerprint density at radius 3 is 2.38 bits per heavy atom. The van der Waals surface area contributed by atoms with Crippen molar-refractivity contribution in [1.29, 1.82) is 0 Å². The van der Waals surface area contributed by atoms with Crippen LogP contribution in [0.15, 0.2) is 0 Å². The molecular weight excluding hydrogens is 243 g/mol. The number of nitrogens with zero attached hydrogens (tertiary/aromatic N) is 1. The van der Waals surface area contributed by atoms with E-state index in [0.717, 1.165) is 12.8 Å². The number of rotatable bonds is 5. The van der Waals surface area contributed by atoms with Gasteiger partial charge in [-0.05, 0) is 18.8 Å². The van der Waals surface area contributed by atoms with E-state index in [1.165, 1.54) is 4.90 Å². The molecule has 1 rings (SSSR count). The lowest BCUT2D eigenvalue weighted by Crippen LogP contribution is -2.40. The molecule has 0 radical (unpaired) electrons. The Balaban J connectivity index is 2.36. The lowest BCUT2D eigenvalue weighted by atomic mass is 10.00. The highest BCUT2D eigenvalue weighted by molar-refractivity contribution is 6.18. The van der Waals surface area contributed by atoms with E-state index >= 15 is 0 Å². The molecule has 1 aliphatic rings. The van der Waals surface area contributed by atoms with Crippen molar-refractivity contribution in [2.75, 3.05) is 38.7 Å². The lowest BCUT2D eigenvalue weighted by Gasteiger charge is -2.29. The van der Waals surface area contributed by atoms with Crippen LogP contribution < -0.4 is 0 Å². The fourth-order valence-electron chi connectivity index (χ4n) is 1.90. The van der Waals surface area contributed by atoms with Crippen LogP contribution in [0, 0.1) is 5.92 Å². The molecule has 0 atom stereocenters. The fourth-order valence-corrected chi connectivity index (χ4v) is 2.14. The first-order valence-electron chi connectivity index (χ1n) is 5.44. The monoisotopic (exact) mass is 259 g/mol. The summed E-state index contributed by atoms with van der Waals surface area (Å²) < 4.78 is 42.0. The van der Waals surface area contributed by atoms with E-state index in [9.17, 15) is 13.2 Å².